The molecule has 1 aromatic heterocycles. The largest absolute Gasteiger partial charge is 0.463 e. The van der Waals surface area contributed by atoms with E-state index in [0.717, 1.165) is 24.6 Å². The van der Waals surface area contributed by atoms with E-state index in [2.05, 4.69) is 25.8 Å². The van der Waals surface area contributed by atoms with Gasteiger partial charge >= 0.3 is 0 Å². The van der Waals surface area contributed by atoms with Gasteiger partial charge in [0.25, 0.3) is 0 Å². The summed E-state index contributed by atoms with van der Waals surface area (Å²) in [6, 6.07) is 3.94. The van der Waals surface area contributed by atoms with Gasteiger partial charge in [-0.25, -0.2) is 0 Å². The second-order valence-electron chi connectivity index (χ2n) is 4.16. The summed E-state index contributed by atoms with van der Waals surface area (Å²) in [6.45, 7) is 6.85. The second-order valence-corrected chi connectivity index (χ2v) is 4.16. The maximum atomic E-state index is 5.52. The van der Waals surface area contributed by atoms with Crippen LogP contribution >= 0.6 is 0 Å². The van der Waals surface area contributed by atoms with Crippen LogP contribution in [0.3, 0.4) is 0 Å². The lowest BCUT2D eigenvalue weighted by Gasteiger charge is -2.17. The van der Waals surface area contributed by atoms with Gasteiger partial charge in [0.1, 0.15) is 11.5 Å². The first-order valence-corrected chi connectivity index (χ1v) is 5.08. The van der Waals surface area contributed by atoms with Gasteiger partial charge in [0.05, 0.1) is 13.1 Å². The molecule has 0 bridgehead atoms. The van der Waals surface area contributed by atoms with Crippen LogP contribution in [0.5, 0.6) is 0 Å². The van der Waals surface area contributed by atoms with E-state index in [1.165, 1.54) is 0 Å². The third-order valence-electron chi connectivity index (χ3n) is 2.02. The molecule has 1 heterocycles. The molecule has 0 aliphatic rings. The van der Waals surface area contributed by atoms with Crippen LogP contribution in [-0.2, 0) is 13.1 Å². The fraction of sp³-hybridized carbons (Fsp3) is 0.636. The Kier molecular flexibility index (Phi) is 4.17. The Hall–Kier alpha value is -0.800. The number of rotatable bonds is 5. The predicted octanol–water partition coefficient (Wildman–Crippen LogP) is 1.83. The Morgan fingerprint density at radius 2 is 2.00 bits per heavy atom. The van der Waals surface area contributed by atoms with Crippen LogP contribution < -0.4 is 5.73 Å². The van der Waals surface area contributed by atoms with Crippen molar-refractivity contribution < 1.29 is 4.42 Å². The second kappa shape index (κ2) is 5.17. The van der Waals surface area contributed by atoms with E-state index in [1.807, 2.05) is 12.1 Å². The van der Waals surface area contributed by atoms with Gasteiger partial charge in [0.2, 0.25) is 0 Å². The zero-order chi connectivity index (χ0) is 10.6. The van der Waals surface area contributed by atoms with Crippen molar-refractivity contribution in [3.8, 4) is 0 Å². The molecule has 0 aromatic carbocycles. The van der Waals surface area contributed by atoms with Gasteiger partial charge in [0.15, 0.2) is 0 Å². The molecule has 0 amide bonds. The Labute approximate surface area is 85.9 Å². The molecule has 0 aliphatic heterocycles. The SMILES string of the molecule is CC(C)CN(C)Cc1ccc(CN)o1. The van der Waals surface area contributed by atoms with Gasteiger partial charge in [-0.2, -0.15) is 0 Å². The minimum absolute atomic E-state index is 0.480. The van der Waals surface area contributed by atoms with Crippen LogP contribution in [0.25, 0.3) is 0 Å². The van der Waals surface area contributed by atoms with Crippen LogP contribution in [0.1, 0.15) is 25.4 Å². The van der Waals surface area contributed by atoms with E-state index in [9.17, 15) is 0 Å². The van der Waals surface area contributed by atoms with E-state index < -0.39 is 0 Å². The summed E-state index contributed by atoms with van der Waals surface area (Å²) in [5.74, 6) is 2.54. The highest BCUT2D eigenvalue weighted by Crippen LogP contribution is 2.10. The molecule has 80 valence electrons. The van der Waals surface area contributed by atoms with E-state index in [4.69, 9.17) is 10.2 Å². The molecule has 1 rings (SSSR count). The van der Waals surface area contributed by atoms with Crippen molar-refractivity contribution in [1.82, 2.24) is 4.90 Å². The molecule has 0 saturated heterocycles. The summed E-state index contributed by atoms with van der Waals surface area (Å²) in [7, 11) is 2.10. The maximum Gasteiger partial charge on any atom is 0.118 e. The topological polar surface area (TPSA) is 42.4 Å². The van der Waals surface area contributed by atoms with Crippen LogP contribution in [-0.4, -0.2) is 18.5 Å². The molecule has 0 atom stereocenters. The van der Waals surface area contributed by atoms with E-state index in [-0.39, 0.29) is 0 Å². The third-order valence-corrected chi connectivity index (χ3v) is 2.02. The molecular formula is C11H20N2O. The molecule has 2 N–H and O–H groups in total. The standard InChI is InChI=1S/C11H20N2O/c1-9(2)7-13(3)8-11-5-4-10(6-12)14-11/h4-5,9H,6-8,12H2,1-3H3. The first kappa shape index (κ1) is 11.3. The summed E-state index contributed by atoms with van der Waals surface area (Å²) in [6.07, 6.45) is 0. The van der Waals surface area contributed by atoms with Gasteiger partial charge < -0.3 is 10.2 Å². The van der Waals surface area contributed by atoms with Gasteiger partial charge in [-0.05, 0) is 25.1 Å². The van der Waals surface area contributed by atoms with Crippen LogP contribution in [0.15, 0.2) is 16.5 Å². The molecule has 0 radical (unpaired) electrons. The molecule has 0 fully saturated rings. The number of nitrogens with zero attached hydrogens (tertiary/aromatic N) is 1. The number of hydrogen-bond acceptors (Lipinski definition) is 3. The van der Waals surface area contributed by atoms with Crippen molar-refractivity contribution in [2.24, 2.45) is 11.7 Å². The summed E-state index contributed by atoms with van der Waals surface area (Å²) < 4.78 is 5.52. The normalized spacial score (nSPS) is 11.6. The lowest BCUT2D eigenvalue weighted by molar-refractivity contribution is 0.262. The Morgan fingerprint density at radius 3 is 2.50 bits per heavy atom. The van der Waals surface area contributed by atoms with Crippen LogP contribution in [0, 0.1) is 5.92 Å². The Balaban J connectivity index is 2.43. The summed E-state index contributed by atoms with van der Waals surface area (Å²) >= 11 is 0. The van der Waals surface area contributed by atoms with Gasteiger partial charge in [-0.15, -0.1) is 0 Å². The summed E-state index contributed by atoms with van der Waals surface area (Å²) in [5.41, 5.74) is 5.47. The van der Waals surface area contributed by atoms with E-state index in [0.29, 0.717) is 12.5 Å². The third kappa shape index (κ3) is 3.52. The van der Waals surface area contributed by atoms with Gasteiger partial charge in [-0.1, -0.05) is 13.8 Å². The monoisotopic (exact) mass is 196 g/mol. The lowest BCUT2D eigenvalue weighted by atomic mass is 10.2. The molecule has 14 heavy (non-hydrogen) atoms. The average Bonchev–Trinajstić information content (AvgIpc) is 2.50. The highest BCUT2D eigenvalue weighted by molar-refractivity contribution is 5.06. The van der Waals surface area contributed by atoms with Crippen molar-refractivity contribution in [3.63, 3.8) is 0 Å². The fourth-order valence-electron chi connectivity index (χ4n) is 1.57. The molecule has 0 aliphatic carbocycles. The zero-order valence-corrected chi connectivity index (χ0v) is 9.29. The smallest absolute Gasteiger partial charge is 0.118 e. The van der Waals surface area contributed by atoms with Gasteiger partial charge in [-0.3, -0.25) is 4.90 Å². The minimum atomic E-state index is 0.480. The first-order valence-electron chi connectivity index (χ1n) is 5.08. The Morgan fingerprint density at radius 1 is 1.36 bits per heavy atom. The highest BCUT2D eigenvalue weighted by atomic mass is 16.3. The molecule has 0 spiro atoms. The number of hydrogen-bond donors (Lipinski definition) is 1. The molecular weight excluding hydrogens is 176 g/mol. The molecule has 3 nitrogen and oxygen atoms in total. The summed E-state index contributed by atoms with van der Waals surface area (Å²) in [5, 5.41) is 0. The molecule has 1 aromatic rings. The highest BCUT2D eigenvalue weighted by Gasteiger charge is 2.06. The Bertz CT molecular complexity index is 268. The average molecular weight is 196 g/mol. The quantitative estimate of drug-likeness (QED) is 0.781. The van der Waals surface area contributed by atoms with Crippen LogP contribution in [0.4, 0.5) is 0 Å². The molecule has 0 unspecified atom stereocenters. The zero-order valence-electron chi connectivity index (χ0n) is 9.29. The fourth-order valence-corrected chi connectivity index (χ4v) is 1.57. The van der Waals surface area contributed by atoms with Crippen molar-refractivity contribution in [3.05, 3.63) is 23.7 Å². The predicted molar refractivity (Wildman–Crippen MR) is 57.8 cm³/mol. The van der Waals surface area contributed by atoms with Crippen molar-refractivity contribution >= 4 is 0 Å². The first-order chi connectivity index (χ1) is 6.61. The lowest BCUT2D eigenvalue weighted by Crippen LogP contribution is -2.22. The molecule has 3 heteroatoms. The molecule has 0 saturated carbocycles. The van der Waals surface area contributed by atoms with Crippen molar-refractivity contribution in [2.45, 2.75) is 26.9 Å². The van der Waals surface area contributed by atoms with Crippen LogP contribution in [0.2, 0.25) is 0 Å². The minimum Gasteiger partial charge on any atom is -0.463 e. The summed E-state index contributed by atoms with van der Waals surface area (Å²) in [4.78, 5) is 2.25. The number of furan rings is 1. The van der Waals surface area contributed by atoms with E-state index in [1.54, 1.807) is 0 Å². The number of nitrogens with two attached hydrogens (primary N) is 1. The maximum absolute atomic E-state index is 5.52. The van der Waals surface area contributed by atoms with E-state index >= 15 is 0 Å². The van der Waals surface area contributed by atoms with Crippen molar-refractivity contribution in [1.29, 1.82) is 0 Å². The van der Waals surface area contributed by atoms with Crippen molar-refractivity contribution in [2.75, 3.05) is 13.6 Å². The van der Waals surface area contributed by atoms with Gasteiger partial charge in [0, 0.05) is 6.54 Å².